The Labute approximate surface area is 123 Å². The monoisotopic (exact) mass is 288 g/mol. The fraction of sp³-hybridized carbons (Fsp3) is 0.933. The second kappa shape index (κ2) is 10.1. The Hall–Kier alpha value is -0.650. The third-order valence-corrected chi connectivity index (χ3v) is 3.01. The van der Waals surface area contributed by atoms with Crippen molar-refractivity contribution in [2.75, 3.05) is 40.5 Å². The molecule has 0 aromatic rings. The lowest BCUT2D eigenvalue weighted by atomic mass is 9.87. The minimum absolute atomic E-state index is 0.0880. The Kier molecular flexibility index (Phi) is 9.80. The number of amides is 1. The molecule has 1 atom stereocenters. The van der Waals surface area contributed by atoms with Crippen LogP contribution in [-0.4, -0.2) is 57.4 Å². The predicted molar refractivity (Wildman–Crippen MR) is 81.6 cm³/mol. The number of nitrogens with zero attached hydrogens (tertiary/aromatic N) is 1. The first-order chi connectivity index (χ1) is 9.30. The van der Waals surface area contributed by atoms with Gasteiger partial charge in [-0.2, -0.15) is 0 Å². The van der Waals surface area contributed by atoms with Crippen LogP contribution in [0.25, 0.3) is 0 Å². The molecule has 0 aliphatic rings. The van der Waals surface area contributed by atoms with Gasteiger partial charge in [0.05, 0.1) is 6.61 Å². The van der Waals surface area contributed by atoms with E-state index in [1.54, 1.807) is 14.2 Å². The zero-order chi connectivity index (χ0) is 15.6. The summed E-state index contributed by atoms with van der Waals surface area (Å²) in [4.78, 5) is 14.1. The molecule has 0 fully saturated rings. The highest BCUT2D eigenvalue weighted by Crippen LogP contribution is 2.21. The Bertz CT molecular complexity index is 264. The van der Waals surface area contributed by atoms with Gasteiger partial charge in [-0.15, -0.1) is 0 Å². The zero-order valence-electron chi connectivity index (χ0n) is 13.8. The Morgan fingerprint density at radius 2 is 1.75 bits per heavy atom. The normalized spacial score (nSPS) is 13.3. The second-order valence-electron chi connectivity index (χ2n) is 6.45. The van der Waals surface area contributed by atoms with Crippen molar-refractivity contribution in [3.63, 3.8) is 0 Å². The third kappa shape index (κ3) is 10.2. The van der Waals surface area contributed by atoms with Gasteiger partial charge in [0.1, 0.15) is 0 Å². The van der Waals surface area contributed by atoms with E-state index in [9.17, 15) is 4.79 Å². The van der Waals surface area contributed by atoms with Crippen molar-refractivity contribution < 1.29 is 14.3 Å². The van der Waals surface area contributed by atoms with Crippen LogP contribution in [0.15, 0.2) is 0 Å². The number of nitrogens with two attached hydrogens (primary N) is 1. The first-order valence-electron chi connectivity index (χ1n) is 7.31. The molecule has 1 amide bonds. The lowest BCUT2D eigenvalue weighted by molar-refractivity contribution is -0.132. The topological polar surface area (TPSA) is 64.8 Å². The van der Waals surface area contributed by atoms with E-state index >= 15 is 0 Å². The number of methoxy groups -OCH3 is 2. The van der Waals surface area contributed by atoms with Crippen molar-refractivity contribution in [2.45, 2.75) is 46.1 Å². The number of hydrogen-bond acceptors (Lipinski definition) is 4. The summed E-state index contributed by atoms with van der Waals surface area (Å²) in [5.41, 5.74) is 6.22. The maximum absolute atomic E-state index is 12.3. The molecule has 0 spiro atoms. The lowest BCUT2D eigenvalue weighted by Crippen LogP contribution is -2.39. The van der Waals surface area contributed by atoms with Gasteiger partial charge in [-0.25, -0.2) is 0 Å². The SMILES string of the molecule is COCCCN(CCOC)C(=O)CC(N)CC(C)(C)C. The molecule has 0 rings (SSSR count). The van der Waals surface area contributed by atoms with Crippen molar-refractivity contribution in [2.24, 2.45) is 11.1 Å². The van der Waals surface area contributed by atoms with E-state index in [4.69, 9.17) is 15.2 Å². The fourth-order valence-electron chi connectivity index (χ4n) is 2.17. The summed E-state index contributed by atoms with van der Waals surface area (Å²) in [5, 5.41) is 0. The third-order valence-electron chi connectivity index (χ3n) is 3.01. The van der Waals surface area contributed by atoms with Gasteiger partial charge in [-0.05, 0) is 18.3 Å². The van der Waals surface area contributed by atoms with Gasteiger partial charge in [-0.1, -0.05) is 20.8 Å². The Morgan fingerprint density at radius 3 is 2.25 bits per heavy atom. The molecule has 0 bridgehead atoms. The highest BCUT2D eigenvalue weighted by atomic mass is 16.5. The van der Waals surface area contributed by atoms with Gasteiger partial charge >= 0.3 is 0 Å². The van der Waals surface area contributed by atoms with Crippen LogP contribution in [0.4, 0.5) is 0 Å². The van der Waals surface area contributed by atoms with E-state index in [-0.39, 0.29) is 17.4 Å². The molecule has 20 heavy (non-hydrogen) atoms. The van der Waals surface area contributed by atoms with E-state index in [0.29, 0.717) is 32.7 Å². The Balaban J connectivity index is 4.30. The summed E-state index contributed by atoms with van der Waals surface area (Å²) in [6.45, 7) is 8.92. The quantitative estimate of drug-likeness (QED) is 0.621. The molecule has 0 aliphatic heterocycles. The van der Waals surface area contributed by atoms with E-state index in [1.165, 1.54) is 0 Å². The molecular formula is C15H32N2O3. The largest absolute Gasteiger partial charge is 0.385 e. The van der Waals surface area contributed by atoms with E-state index in [0.717, 1.165) is 12.8 Å². The molecule has 2 N–H and O–H groups in total. The first-order valence-corrected chi connectivity index (χ1v) is 7.31. The van der Waals surface area contributed by atoms with E-state index in [2.05, 4.69) is 20.8 Å². The predicted octanol–water partition coefficient (Wildman–Crippen LogP) is 1.65. The van der Waals surface area contributed by atoms with Crippen LogP contribution in [0, 0.1) is 5.41 Å². The van der Waals surface area contributed by atoms with Crippen LogP contribution in [0.2, 0.25) is 0 Å². The van der Waals surface area contributed by atoms with Gasteiger partial charge in [0.2, 0.25) is 5.91 Å². The summed E-state index contributed by atoms with van der Waals surface area (Å²) in [7, 11) is 3.31. The van der Waals surface area contributed by atoms with Crippen LogP contribution < -0.4 is 5.73 Å². The fourth-order valence-corrected chi connectivity index (χ4v) is 2.17. The first kappa shape index (κ1) is 19.4. The number of rotatable bonds is 10. The molecule has 0 saturated heterocycles. The Morgan fingerprint density at radius 1 is 1.15 bits per heavy atom. The summed E-state index contributed by atoms with van der Waals surface area (Å²) in [6.07, 6.45) is 2.07. The summed E-state index contributed by atoms with van der Waals surface area (Å²) >= 11 is 0. The summed E-state index contributed by atoms with van der Waals surface area (Å²) < 4.78 is 10.1. The molecule has 0 aromatic heterocycles. The minimum Gasteiger partial charge on any atom is -0.385 e. The number of hydrogen-bond donors (Lipinski definition) is 1. The van der Waals surface area contributed by atoms with E-state index < -0.39 is 0 Å². The van der Waals surface area contributed by atoms with Crippen LogP contribution >= 0.6 is 0 Å². The van der Waals surface area contributed by atoms with Crippen molar-refractivity contribution in [3.8, 4) is 0 Å². The molecule has 5 nitrogen and oxygen atoms in total. The van der Waals surface area contributed by atoms with Crippen LogP contribution in [0.3, 0.4) is 0 Å². The van der Waals surface area contributed by atoms with Crippen molar-refractivity contribution in [1.82, 2.24) is 4.90 Å². The average molecular weight is 288 g/mol. The summed E-state index contributed by atoms with van der Waals surface area (Å²) in [6, 6.07) is -0.0880. The standard InChI is InChI=1S/C15H32N2O3/c1-15(2,3)12-13(16)11-14(18)17(8-10-20-5)7-6-9-19-4/h13H,6-12,16H2,1-5H3. The second-order valence-corrected chi connectivity index (χ2v) is 6.45. The molecule has 5 heteroatoms. The molecule has 0 heterocycles. The number of carbonyl (C=O) groups is 1. The zero-order valence-corrected chi connectivity index (χ0v) is 13.8. The number of carbonyl (C=O) groups excluding carboxylic acids is 1. The highest BCUT2D eigenvalue weighted by molar-refractivity contribution is 5.76. The van der Waals surface area contributed by atoms with Gasteiger partial charge in [0, 0.05) is 46.4 Å². The molecule has 1 unspecified atom stereocenters. The van der Waals surface area contributed by atoms with Crippen LogP contribution in [-0.2, 0) is 14.3 Å². The molecular weight excluding hydrogens is 256 g/mol. The van der Waals surface area contributed by atoms with Gasteiger partial charge < -0.3 is 20.1 Å². The van der Waals surface area contributed by atoms with E-state index in [1.807, 2.05) is 4.90 Å². The number of ether oxygens (including phenoxy) is 2. The van der Waals surface area contributed by atoms with Crippen molar-refractivity contribution >= 4 is 5.91 Å². The van der Waals surface area contributed by atoms with Gasteiger partial charge in [-0.3, -0.25) is 4.79 Å². The average Bonchev–Trinajstić information content (AvgIpc) is 2.30. The van der Waals surface area contributed by atoms with Crippen molar-refractivity contribution in [1.29, 1.82) is 0 Å². The smallest absolute Gasteiger partial charge is 0.224 e. The molecule has 0 aromatic carbocycles. The highest BCUT2D eigenvalue weighted by Gasteiger charge is 2.21. The summed E-state index contributed by atoms with van der Waals surface area (Å²) in [5.74, 6) is 0.106. The van der Waals surface area contributed by atoms with Crippen LogP contribution in [0.1, 0.15) is 40.0 Å². The minimum atomic E-state index is -0.0880. The molecule has 0 radical (unpaired) electrons. The molecule has 120 valence electrons. The maximum atomic E-state index is 12.3. The van der Waals surface area contributed by atoms with Gasteiger partial charge in [0.25, 0.3) is 0 Å². The van der Waals surface area contributed by atoms with Crippen molar-refractivity contribution in [3.05, 3.63) is 0 Å². The van der Waals surface area contributed by atoms with Crippen LogP contribution in [0.5, 0.6) is 0 Å². The van der Waals surface area contributed by atoms with Gasteiger partial charge in [0.15, 0.2) is 0 Å². The maximum Gasteiger partial charge on any atom is 0.224 e. The molecule has 0 saturated carbocycles. The molecule has 0 aliphatic carbocycles. The lowest BCUT2D eigenvalue weighted by Gasteiger charge is -2.27.